The Balaban J connectivity index is 1.19. The largest absolute Gasteiger partial charge is 0.371 e. The molecule has 1 saturated carbocycles. The third kappa shape index (κ3) is 3.38. The fraction of sp³-hybridized carbons (Fsp3) is 0.667. The quantitative estimate of drug-likeness (QED) is 0.876. The molecule has 134 valence electrons. The molecular weight excluding hydrogens is 320 g/mol. The van der Waals surface area contributed by atoms with E-state index in [9.17, 15) is 9.59 Å². The minimum absolute atomic E-state index is 0.140. The highest BCUT2D eigenvalue weighted by atomic mass is 16.5. The van der Waals surface area contributed by atoms with E-state index in [2.05, 4.69) is 22.2 Å². The molecular formula is C18H24N4O3. The summed E-state index contributed by atoms with van der Waals surface area (Å²) >= 11 is 0. The van der Waals surface area contributed by atoms with Crippen molar-refractivity contribution in [2.45, 2.75) is 31.8 Å². The molecule has 0 bridgehead atoms. The molecule has 4 rings (SSSR count). The zero-order valence-electron chi connectivity index (χ0n) is 14.5. The van der Waals surface area contributed by atoms with Gasteiger partial charge in [0.25, 0.3) is 5.91 Å². The first kappa shape index (κ1) is 16.4. The van der Waals surface area contributed by atoms with E-state index in [0.717, 1.165) is 32.4 Å². The first-order valence-corrected chi connectivity index (χ1v) is 9.03. The normalized spacial score (nSPS) is 29.8. The molecule has 0 unspecified atom stereocenters. The van der Waals surface area contributed by atoms with Gasteiger partial charge in [-0.05, 0) is 31.1 Å². The lowest BCUT2D eigenvalue weighted by molar-refractivity contribution is -0.189. The van der Waals surface area contributed by atoms with Crippen molar-refractivity contribution in [3.8, 4) is 0 Å². The molecule has 0 aromatic carbocycles. The van der Waals surface area contributed by atoms with Crippen LogP contribution in [0.1, 0.15) is 36.7 Å². The number of aromatic nitrogens is 2. The van der Waals surface area contributed by atoms with Crippen molar-refractivity contribution in [3.63, 3.8) is 0 Å². The van der Waals surface area contributed by atoms with Crippen molar-refractivity contribution >= 4 is 11.8 Å². The number of rotatable bonds is 4. The van der Waals surface area contributed by atoms with Gasteiger partial charge in [-0.2, -0.15) is 0 Å². The van der Waals surface area contributed by atoms with Crippen LogP contribution in [0.5, 0.6) is 0 Å². The van der Waals surface area contributed by atoms with Gasteiger partial charge in [0.1, 0.15) is 11.3 Å². The maximum atomic E-state index is 12.2. The highest BCUT2D eigenvalue weighted by molar-refractivity contribution is 5.91. The second kappa shape index (κ2) is 6.37. The van der Waals surface area contributed by atoms with Crippen LogP contribution in [-0.4, -0.2) is 58.5 Å². The van der Waals surface area contributed by atoms with Gasteiger partial charge in [0.15, 0.2) is 0 Å². The van der Waals surface area contributed by atoms with Crippen LogP contribution in [0.4, 0.5) is 0 Å². The second-order valence-electron chi connectivity index (χ2n) is 7.71. The number of carbonyl (C=O) groups is 2. The monoisotopic (exact) mass is 344 g/mol. The van der Waals surface area contributed by atoms with Gasteiger partial charge in [-0.1, -0.05) is 6.92 Å². The van der Waals surface area contributed by atoms with E-state index < -0.39 is 0 Å². The molecule has 7 heteroatoms. The SMILES string of the molecule is C[C@@H]1C[C@@H]1C(=O)N1CC2(CC[C@@H](CNC(=O)c3cnccn3)CO2)C1. The molecule has 25 heavy (non-hydrogen) atoms. The molecule has 1 aliphatic carbocycles. The van der Waals surface area contributed by atoms with Crippen LogP contribution in [-0.2, 0) is 9.53 Å². The Hall–Kier alpha value is -2.02. The van der Waals surface area contributed by atoms with Crippen LogP contribution in [0.25, 0.3) is 0 Å². The van der Waals surface area contributed by atoms with E-state index in [-0.39, 0.29) is 17.4 Å². The van der Waals surface area contributed by atoms with E-state index >= 15 is 0 Å². The van der Waals surface area contributed by atoms with Gasteiger partial charge in [-0.15, -0.1) is 0 Å². The van der Waals surface area contributed by atoms with Crippen molar-refractivity contribution in [3.05, 3.63) is 24.3 Å². The lowest BCUT2D eigenvalue weighted by atomic mass is 9.82. The fourth-order valence-electron chi connectivity index (χ4n) is 3.78. The maximum absolute atomic E-state index is 12.2. The predicted molar refractivity (Wildman–Crippen MR) is 89.6 cm³/mol. The van der Waals surface area contributed by atoms with Crippen LogP contribution in [0.2, 0.25) is 0 Å². The van der Waals surface area contributed by atoms with Crippen molar-refractivity contribution in [1.29, 1.82) is 0 Å². The van der Waals surface area contributed by atoms with Crippen LogP contribution >= 0.6 is 0 Å². The number of likely N-dealkylation sites (tertiary alicyclic amines) is 1. The molecule has 2 amide bonds. The van der Waals surface area contributed by atoms with Gasteiger partial charge < -0.3 is 15.0 Å². The molecule has 3 heterocycles. The minimum Gasteiger partial charge on any atom is -0.371 e. The average Bonchev–Trinajstić information content (AvgIpc) is 3.35. The number of hydrogen-bond donors (Lipinski definition) is 1. The number of ether oxygens (including phenoxy) is 1. The molecule has 2 saturated heterocycles. The summed E-state index contributed by atoms with van der Waals surface area (Å²) in [4.78, 5) is 34.1. The molecule has 1 aromatic rings. The molecule has 3 fully saturated rings. The third-order valence-electron chi connectivity index (χ3n) is 5.68. The summed E-state index contributed by atoms with van der Waals surface area (Å²) in [6.45, 7) is 4.80. The minimum atomic E-state index is -0.202. The number of hydrogen-bond acceptors (Lipinski definition) is 5. The Morgan fingerprint density at radius 3 is 2.80 bits per heavy atom. The molecule has 3 aliphatic rings. The van der Waals surface area contributed by atoms with E-state index in [4.69, 9.17) is 4.74 Å². The van der Waals surface area contributed by atoms with Crippen LogP contribution in [0.15, 0.2) is 18.6 Å². The average molecular weight is 344 g/mol. The fourth-order valence-corrected chi connectivity index (χ4v) is 3.78. The smallest absolute Gasteiger partial charge is 0.271 e. The van der Waals surface area contributed by atoms with Gasteiger partial charge in [-0.3, -0.25) is 14.6 Å². The topological polar surface area (TPSA) is 84.4 Å². The van der Waals surface area contributed by atoms with Crippen molar-refractivity contribution in [2.75, 3.05) is 26.2 Å². The molecule has 1 aromatic heterocycles. The summed E-state index contributed by atoms with van der Waals surface area (Å²) in [5, 5.41) is 2.90. The van der Waals surface area contributed by atoms with E-state index in [1.54, 1.807) is 6.20 Å². The van der Waals surface area contributed by atoms with Gasteiger partial charge in [0.2, 0.25) is 5.91 Å². The predicted octanol–water partition coefficient (Wildman–Crippen LogP) is 0.870. The van der Waals surface area contributed by atoms with Gasteiger partial charge in [0.05, 0.1) is 25.9 Å². The Morgan fingerprint density at radius 1 is 1.40 bits per heavy atom. The molecule has 1 spiro atoms. The third-order valence-corrected chi connectivity index (χ3v) is 5.68. The van der Waals surface area contributed by atoms with E-state index in [1.807, 2.05) is 4.90 Å². The lowest BCUT2D eigenvalue weighted by Gasteiger charge is -2.53. The number of nitrogens with zero attached hydrogens (tertiary/aromatic N) is 3. The maximum Gasteiger partial charge on any atom is 0.271 e. The summed E-state index contributed by atoms with van der Waals surface area (Å²) in [6.07, 6.45) is 7.50. The summed E-state index contributed by atoms with van der Waals surface area (Å²) in [5.74, 6) is 1.22. The van der Waals surface area contributed by atoms with E-state index in [0.29, 0.717) is 36.6 Å². The lowest BCUT2D eigenvalue weighted by Crippen LogP contribution is -2.66. The Kier molecular flexibility index (Phi) is 4.19. The van der Waals surface area contributed by atoms with Crippen molar-refractivity contribution < 1.29 is 14.3 Å². The number of nitrogens with one attached hydrogen (secondary N) is 1. The van der Waals surface area contributed by atoms with Crippen molar-refractivity contribution in [2.24, 2.45) is 17.8 Å². The Morgan fingerprint density at radius 2 is 2.20 bits per heavy atom. The van der Waals surface area contributed by atoms with Crippen molar-refractivity contribution in [1.82, 2.24) is 20.2 Å². The van der Waals surface area contributed by atoms with Crippen LogP contribution in [0, 0.1) is 17.8 Å². The van der Waals surface area contributed by atoms with Crippen LogP contribution in [0.3, 0.4) is 0 Å². The number of carbonyl (C=O) groups excluding carboxylic acids is 2. The number of amides is 2. The first-order chi connectivity index (χ1) is 12.1. The summed E-state index contributed by atoms with van der Waals surface area (Å²) in [5.41, 5.74) is 0.192. The molecule has 3 atom stereocenters. The summed E-state index contributed by atoms with van der Waals surface area (Å²) in [7, 11) is 0. The molecule has 1 N–H and O–H groups in total. The standard InChI is InChI=1S/C18H24N4O3/c1-12-6-14(12)17(24)22-10-18(11-22)3-2-13(9-25-18)7-21-16(23)15-8-19-4-5-20-15/h4-5,8,12-14H,2-3,6-7,9-11H2,1H3,(H,21,23)/t12-,13+,14+/m1/s1. The first-order valence-electron chi connectivity index (χ1n) is 9.03. The highest BCUT2D eigenvalue weighted by Gasteiger charge is 2.52. The van der Waals surface area contributed by atoms with Gasteiger partial charge in [-0.25, -0.2) is 4.98 Å². The zero-order chi connectivity index (χ0) is 17.4. The second-order valence-corrected chi connectivity index (χ2v) is 7.71. The van der Waals surface area contributed by atoms with Gasteiger partial charge in [0, 0.05) is 24.9 Å². The molecule has 2 aliphatic heterocycles. The van der Waals surface area contributed by atoms with Crippen LogP contribution < -0.4 is 5.32 Å². The zero-order valence-corrected chi connectivity index (χ0v) is 14.5. The Bertz CT molecular complexity index is 650. The summed E-state index contributed by atoms with van der Waals surface area (Å²) in [6, 6.07) is 0. The molecule has 0 radical (unpaired) electrons. The Labute approximate surface area is 147 Å². The highest BCUT2D eigenvalue weighted by Crippen LogP contribution is 2.43. The van der Waals surface area contributed by atoms with Gasteiger partial charge >= 0.3 is 0 Å². The molecule has 7 nitrogen and oxygen atoms in total. The van der Waals surface area contributed by atoms with E-state index in [1.165, 1.54) is 12.4 Å². The summed E-state index contributed by atoms with van der Waals surface area (Å²) < 4.78 is 6.09.